The summed E-state index contributed by atoms with van der Waals surface area (Å²) >= 11 is 0. The summed E-state index contributed by atoms with van der Waals surface area (Å²) in [5.41, 5.74) is -1.10. The zero-order valence-electron chi connectivity index (χ0n) is 13.3. The molecule has 1 aromatic carbocycles. The Balaban J connectivity index is 2.42. The zero-order valence-corrected chi connectivity index (χ0v) is 14.2. The fourth-order valence-electron chi connectivity index (χ4n) is 2.58. The molecular formula is C15H17F3N2O4S. The maximum atomic E-state index is 12.8. The number of hydrogen-bond donors (Lipinski definition) is 1. The highest BCUT2D eigenvalue weighted by molar-refractivity contribution is 7.89. The number of hydrogen-bond acceptors (Lipinski definition) is 4. The lowest BCUT2D eigenvalue weighted by Crippen LogP contribution is -2.53. The number of amides is 1. The Morgan fingerprint density at radius 1 is 1.36 bits per heavy atom. The van der Waals surface area contributed by atoms with Gasteiger partial charge in [0.2, 0.25) is 15.9 Å². The van der Waals surface area contributed by atoms with Crippen LogP contribution >= 0.6 is 0 Å². The third-order valence-corrected chi connectivity index (χ3v) is 5.71. The maximum absolute atomic E-state index is 12.8. The van der Waals surface area contributed by atoms with Crippen LogP contribution in [-0.4, -0.2) is 43.5 Å². The van der Waals surface area contributed by atoms with E-state index in [2.05, 4.69) is 5.32 Å². The van der Waals surface area contributed by atoms with Crippen LogP contribution in [0.2, 0.25) is 0 Å². The van der Waals surface area contributed by atoms with Crippen LogP contribution in [0.4, 0.5) is 13.2 Å². The standard InChI is InChI=1S/C15H17F3N2O4S/c1-2-19-14(22)13-9-11(21)6-7-20(13)25(23,24)12-5-3-4-10(8-12)15(16,17)18/h3-5,8,13H,2,6-7,9H2,1H3,(H,19,22). The number of carbonyl (C=O) groups excluding carboxylic acids is 2. The van der Waals surface area contributed by atoms with Gasteiger partial charge in [-0.3, -0.25) is 9.59 Å². The number of sulfonamides is 1. The van der Waals surface area contributed by atoms with Crippen molar-refractivity contribution in [2.45, 2.75) is 36.9 Å². The molecule has 1 unspecified atom stereocenters. The minimum absolute atomic E-state index is 0.0892. The summed E-state index contributed by atoms with van der Waals surface area (Å²) < 4.78 is 64.8. The van der Waals surface area contributed by atoms with E-state index in [1.54, 1.807) is 6.92 Å². The normalized spacial score (nSPS) is 19.7. The molecule has 0 radical (unpaired) electrons. The van der Waals surface area contributed by atoms with Crippen LogP contribution in [0.5, 0.6) is 0 Å². The number of nitrogens with one attached hydrogen (secondary N) is 1. The molecule has 2 rings (SSSR count). The number of likely N-dealkylation sites (N-methyl/N-ethyl adjacent to an activating group) is 1. The van der Waals surface area contributed by atoms with Gasteiger partial charge in [0.1, 0.15) is 11.8 Å². The van der Waals surface area contributed by atoms with E-state index in [1.165, 1.54) is 0 Å². The van der Waals surface area contributed by atoms with Crippen LogP contribution in [0.3, 0.4) is 0 Å². The smallest absolute Gasteiger partial charge is 0.355 e. The number of halogens is 3. The van der Waals surface area contributed by atoms with Gasteiger partial charge in [-0.2, -0.15) is 17.5 Å². The molecule has 25 heavy (non-hydrogen) atoms. The Labute approximate surface area is 143 Å². The quantitative estimate of drug-likeness (QED) is 0.862. The molecular weight excluding hydrogens is 361 g/mol. The van der Waals surface area contributed by atoms with Gasteiger partial charge < -0.3 is 5.32 Å². The van der Waals surface area contributed by atoms with Crippen molar-refractivity contribution in [1.29, 1.82) is 0 Å². The molecule has 0 spiro atoms. The van der Waals surface area contributed by atoms with Crippen molar-refractivity contribution in [2.75, 3.05) is 13.1 Å². The number of rotatable bonds is 4. The lowest BCUT2D eigenvalue weighted by Gasteiger charge is -2.33. The maximum Gasteiger partial charge on any atom is 0.416 e. The highest BCUT2D eigenvalue weighted by Gasteiger charge is 2.41. The molecule has 0 bridgehead atoms. The molecule has 10 heteroatoms. The van der Waals surface area contributed by atoms with Crippen LogP contribution in [0.15, 0.2) is 29.2 Å². The van der Waals surface area contributed by atoms with Gasteiger partial charge in [0.15, 0.2) is 0 Å². The fraction of sp³-hybridized carbons (Fsp3) is 0.467. The molecule has 1 aliphatic rings. The van der Waals surface area contributed by atoms with E-state index in [4.69, 9.17) is 0 Å². The van der Waals surface area contributed by atoms with E-state index in [0.717, 1.165) is 22.5 Å². The Bertz CT molecular complexity index is 777. The average molecular weight is 378 g/mol. The fourth-order valence-corrected chi connectivity index (χ4v) is 4.22. The number of carbonyl (C=O) groups is 2. The zero-order chi connectivity index (χ0) is 18.8. The van der Waals surface area contributed by atoms with Crippen molar-refractivity contribution < 1.29 is 31.2 Å². The Kier molecular flexibility index (Phi) is 5.52. The van der Waals surface area contributed by atoms with Crippen LogP contribution in [-0.2, 0) is 25.8 Å². The third kappa shape index (κ3) is 4.18. The van der Waals surface area contributed by atoms with Crippen molar-refractivity contribution in [2.24, 2.45) is 0 Å². The van der Waals surface area contributed by atoms with E-state index in [0.29, 0.717) is 6.07 Å². The molecule has 1 aromatic rings. The topological polar surface area (TPSA) is 83.6 Å². The Morgan fingerprint density at radius 3 is 2.64 bits per heavy atom. The Morgan fingerprint density at radius 2 is 2.04 bits per heavy atom. The summed E-state index contributed by atoms with van der Waals surface area (Å²) in [5.74, 6) is -0.919. The third-order valence-electron chi connectivity index (χ3n) is 3.80. The molecule has 6 nitrogen and oxygen atoms in total. The second-order valence-corrected chi connectivity index (χ2v) is 7.44. The number of piperidine rings is 1. The minimum Gasteiger partial charge on any atom is -0.355 e. The van der Waals surface area contributed by atoms with E-state index in [1.807, 2.05) is 0 Å². The number of benzene rings is 1. The molecule has 138 valence electrons. The monoisotopic (exact) mass is 378 g/mol. The van der Waals surface area contributed by atoms with Gasteiger partial charge in [-0.05, 0) is 25.1 Å². The predicted octanol–water partition coefficient (Wildman–Crippen LogP) is 1.56. The first kappa shape index (κ1) is 19.4. The van der Waals surface area contributed by atoms with E-state index in [9.17, 15) is 31.2 Å². The lowest BCUT2D eigenvalue weighted by molar-refractivity contribution is -0.137. The first-order chi connectivity index (χ1) is 11.6. The number of Topliss-reactive ketones (excluding diaryl/α,β-unsaturated/α-hetero) is 1. The number of nitrogens with zero attached hydrogens (tertiary/aromatic N) is 1. The van der Waals surface area contributed by atoms with Crippen LogP contribution in [0, 0.1) is 0 Å². The molecule has 1 heterocycles. The van der Waals surface area contributed by atoms with E-state index < -0.39 is 38.6 Å². The van der Waals surface area contributed by atoms with Crippen LogP contribution in [0.25, 0.3) is 0 Å². The molecule has 0 aromatic heterocycles. The number of ketones is 1. The van der Waals surface area contributed by atoms with Gasteiger partial charge in [-0.25, -0.2) is 8.42 Å². The summed E-state index contributed by atoms with van der Waals surface area (Å²) in [7, 11) is -4.36. The van der Waals surface area contributed by atoms with Crippen molar-refractivity contribution in [3.05, 3.63) is 29.8 Å². The second-order valence-electron chi connectivity index (χ2n) is 5.54. The minimum atomic E-state index is -4.69. The highest BCUT2D eigenvalue weighted by atomic mass is 32.2. The van der Waals surface area contributed by atoms with Gasteiger partial charge in [0.25, 0.3) is 0 Å². The predicted molar refractivity (Wildman–Crippen MR) is 82.0 cm³/mol. The van der Waals surface area contributed by atoms with Crippen LogP contribution < -0.4 is 5.32 Å². The van der Waals surface area contributed by atoms with E-state index in [-0.39, 0.29) is 31.7 Å². The molecule has 1 aliphatic heterocycles. The molecule has 1 fully saturated rings. The van der Waals surface area contributed by atoms with E-state index >= 15 is 0 Å². The van der Waals surface area contributed by atoms with Crippen molar-refractivity contribution in [3.63, 3.8) is 0 Å². The molecule has 1 amide bonds. The summed E-state index contributed by atoms with van der Waals surface area (Å²) in [6.45, 7) is 1.62. The SMILES string of the molecule is CCNC(=O)C1CC(=O)CCN1S(=O)(=O)c1cccc(C(F)(F)F)c1. The van der Waals surface area contributed by atoms with Crippen molar-refractivity contribution in [3.8, 4) is 0 Å². The van der Waals surface area contributed by atoms with Crippen LogP contribution in [0.1, 0.15) is 25.3 Å². The summed E-state index contributed by atoms with van der Waals surface area (Å²) in [4.78, 5) is 23.2. The highest BCUT2D eigenvalue weighted by Crippen LogP contribution is 2.32. The molecule has 0 aliphatic carbocycles. The van der Waals surface area contributed by atoms with Crippen molar-refractivity contribution in [1.82, 2.24) is 9.62 Å². The second kappa shape index (κ2) is 7.12. The average Bonchev–Trinajstić information content (AvgIpc) is 2.54. The van der Waals surface area contributed by atoms with Gasteiger partial charge in [0.05, 0.1) is 10.5 Å². The Hall–Kier alpha value is -1.94. The summed E-state index contributed by atoms with van der Waals surface area (Å²) in [6.07, 6.45) is -5.08. The first-order valence-corrected chi connectivity index (χ1v) is 9.00. The van der Waals surface area contributed by atoms with Crippen molar-refractivity contribution >= 4 is 21.7 Å². The number of alkyl halides is 3. The van der Waals surface area contributed by atoms with Gasteiger partial charge >= 0.3 is 6.18 Å². The molecule has 0 saturated carbocycles. The van der Waals surface area contributed by atoms with Gasteiger partial charge in [0, 0.05) is 25.9 Å². The first-order valence-electron chi connectivity index (χ1n) is 7.56. The largest absolute Gasteiger partial charge is 0.416 e. The van der Waals surface area contributed by atoms with Gasteiger partial charge in [-0.15, -0.1) is 0 Å². The van der Waals surface area contributed by atoms with Gasteiger partial charge in [-0.1, -0.05) is 6.07 Å². The summed E-state index contributed by atoms with van der Waals surface area (Å²) in [6, 6.07) is 2.06. The molecule has 1 N–H and O–H groups in total. The summed E-state index contributed by atoms with van der Waals surface area (Å²) in [5, 5.41) is 2.45. The molecule has 1 atom stereocenters. The lowest BCUT2D eigenvalue weighted by atomic mass is 10.0. The molecule has 1 saturated heterocycles.